The third-order valence-corrected chi connectivity index (χ3v) is 4.78. The van der Waals surface area contributed by atoms with Crippen molar-refractivity contribution in [1.29, 1.82) is 0 Å². The second-order valence-electron chi connectivity index (χ2n) is 6.83. The highest BCUT2D eigenvalue weighted by atomic mass is 16.7. The molecule has 0 saturated carbocycles. The van der Waals surface area contributed by atoms with Gasteiger partial charge < -0.3 is 9.47 Å². The molecule has 1 atom stereocenters. The number of carbonyl (C=O) groups is 3. The van der Waals surface area contributed by atoms with Crippen molar-refractivity contribution in [2.45, 2.75) is 12.5 Å². The number of hydrogen-bond acceptors (Lipinski definition) is 6. The Kier molecular flexibility index (Phi) is 5.77. The van der Waals surface area contributed by atoms with E-state index in [9.17, 15) is 14.4 Å². The molecule has 1 aliphatic heterocycles. The number of imide groups is 1. The molecule has 0 aliphatic carbocycles. The van der Waals surface area contributed by atoms with Gasteiger partial charge in [-0.15, -0.1) is 5.06 Å². The quantitative estimate of drug-likeness (QED) is 0.430. The Morgan fingerprint density at radius 1 is 0.806 bits per heavy atom. The van der Waals surface area contributed by atoms with E-state index in [2.05, 4.69) is 0 Å². The summed E-state index contributed by atoms with van der Waals surface area (Å²) in [6.45, 7) is 0. The zero-order valence-corrected chi connectivity index (χ0v) is 16.7. The number of nitrogens with zero attached hydrogens (tertiary/aromatic N) is 1. The van der Waals surface area contributed by atoms with Crippen molar-refractivity contribution in [3.05, 3.63) is 95.6 Å². The Bertz CT molecular complexity index is 1080. The zero-order chi connectivity index (χ0) is 21.8. The van der Waals surface area contributed by atoms with Crippen LogP contribution in [0.2, 0.25) is 0 Å². The maximum Gasteiger partial charge on any atom is 0.338 e. The highest BCUT2D eigenvalue weighted by molar-refractivity contribution is 6.20. The third-order valence-electron chi connectivity index (χ3n) is 4.78. The molecule has 31 heavy (non-hydrogen) atoms. The number of ether oxygens (including phenoxy) is 2. The van der Waals surface area contributed by atoms with Gasteiger partial charge in [0, 0.05) is 6.42 Å². The SMILES string of the molecule is COC(=O)C(Cc1ccc(Oc2ccccc2)cc1)ON1C(=O)c2ccccc2C1=O. The summed E-state index contributed by atoms with van der Waals surface area (Å²) in [5.74, 6) is -0.578. The van der Waals surface area contributed by atoms with E-state index in [1.807, 2.05) is 30.3 Å². The van der Waals surface area contributed by atoms with E-state index in [1.54, 1.807) is 36.4 Å². The predicted octanol–water partition coefficient (Wildman–Crippen LogP) is 3.79. The molecule has 0 saturated heterocycles. The molecule has 1 aliphatic rings. The largest absolute Gasteiger partial charge is 0.467 e. The van der Waals surface area contributed by atoms with Crippen LogP contribution in [-0.4, -0.2) is 36.1 Å². The number of methoxy groups -OCH3 is 1. The lowest BCUT2D eigenvalue weighted by Crippen LogP contribution is -2.39. The number of benzene rings is 3. The fourth-order valence-electron chi connectivity index (χ4n) is 3.22. The molecule has 3 aromatic rings. The van der Waals surface area contributed by atoms with Gasteiger partial charge in [-0.2, -0.15) is 0 Å². The zero-order valence-electron chi connectivity index (χ0n) is 16.7. The Labute approximate surface area is 178 Å². The number of rotatable bonds is 7. The van der Waals surface area contributed by atoms with E-state index in [4.69, 9.17) is 14.3 Å². The lowest BCUT2D eigenvalue weighted by molar-refractivity contribution is -0.177. The van der Waals surface area contributed by atoms with Crippen LogP contribution in [0.1, 0.15) is 26.3 Å². The topological polar surface area (TPSA) is 82.1 Å². The fourth-order valence-corrected chi connectivity index (χ4v) is 3.22. The lowest BCUT2D eigenvalue weighted by Gasteiger charge is -2.20. The molecule has 156 valence electrons. The van der Waals surface area contributed by atoms with Gasteiger partial charge in [0.2, 0.25) is 0 Å². The smallest absolute Gasteiger partial charge is 0.338 e. The molecule has 4 rings (SSSR count). The van der Waals surface area contributed by atoms with E-state index in [0.717, 1.165) is 5.56 Å². The minimum absolute atomic E-state index is 0.103. The van der Waals surface area contributed by atoms with Gasteiger partial charge in [0.1, 0.15) is 11.5 Å². The number of fused-ring (bicyclic) bond motifs is 1. The van der Waals surface area contributed by atoms with Crippen LogP contribution in [0.25, 0.3) is 0 Å². The molecular weight excluding hydrogens is 398 g/mol. The van der Waals surface area contributed by atoms with Gasteiger partial charge in [-0.05, 0) is 42.0 Å². The number of carbonyl (C=O) groups excluding carboxylic acids is 3. The highest BCUT2D eigenvalue weighted by Crippen LogP contribution is 2.25. The first-order valence-corrected chi connectivity index (χ1v) is 9.61. The second-order valence-corrected chi connectivity index (χ2v) is 6.83. The molecule has 2 amide bonds. The molecular formula is C24H19NO6. The van der Waals surface area contributed by atoms with Crippen LogP contribution in [0.15, 0.2) is 78.9 Å². The molecule has 0 radical (unpaired) electrons. The van der Waals surface area contributed by atoms with Crippen molar-refractivity contribution in [3.8, 4) is 11.5 Å². The minimum Gasteiger partial charge on any atom is -0.467 e. The Morgan fingerprint density at radius 2 is 1.35 bits per heavy atom. The average molecular weight is 417 g/mol. The molecule has 3 aromatic carbocycles. The van der Waals surface area contributed by atoms with E-state index in [0.29, 0.717) is 16.6 Å². The number of hydroxylamine groups is 2. The van der Waals surface area contributed by atoms with E-state index >= 15 is 0 Å². The van der Waals surface area contributed by atoms with Crippen LogP contribution in [-0.2, 0) is 20.8 Å². The Morgan fingerprint density at radius 3 is 1.94 bits per heavy atom. The number of hydrogen-bond donors (Lipinski definition) is 0. The van der Waals surface area contributed by atoms with Crippen LogP contribution < -0.4 is 4.74 Å². The van der Waals surface area contributed by atoms with Gasteiger partial charge in [0.05, 0.1) is 18.2 Å². The fraction of sp³-hybridized carbons (Fsp3) is 0.125. The van der Waals surface area contributed by atoms with Gasteiger partial charge in [0.15, 0.2) is 6.10 Å². The third kappa shape index (κ3) is 4.31. The summed E-state index contributed by atoms with van der Waals surface area (Å²) in [5, 5.41) is 0.624. The predicted molar refractivity (Wildman–Crippen MR) is 110 cm³/mol. The highest BCUT2D eigenvalue weighted by Gasteiger charge is 2.39. The maximum absolute atomic E-state index is 12.5. The summed E-state index contributed by atoms with van der Waals surface area (Å²) in [4.78, 5) is 42.9. The molecule has 1 unspecified atom stereocenters. The average Bonchev–Trinajstić information content (AvgIpc) is 3.05. The first kappa shape index (κ1) is 20.3. The first-order chi connectivity index (χ1) is 15.1. The summed E-state index contributed by atoms with van der Waals surface area (Å²) in [7, 11) is 1.22. The number of esters is 1. The van der Waals surface area contributed by atoms with Crippen LogP contribution >= 0.6 is 0 Å². The van der Waals surface area contributed by atoms with Crippen LogP contribution in [0.5, 0.6) is 11.5 Å². The van der Waals surface area contributed by atoms with Gasteiger partial charge >= 0.3 is 5.97 Å². The molecule has 0 aromatic heterocycles. The van der Waals surface area contributed by atoms with Gasteiger partial charge in [0.25, 0.3) is 11.8 Å². The molecule has 1 heterocycles. The molecule has 0 N–H and O–H groups in total. The maximum atomic E-state index is 12.5. The standard InChI is InChI=1S/C24H19NO6/c1-29-24(28)21(31-25-22(26)19-9-5-6-10-20(19)23(25)27)15-16-11-13-18(14-12-16)30-17-7-3-2-4-8-17/h2-14,21H,15H2,1H3. The van der Waals surface area contributed by atoms with Crippen LogP contribution in [0.3, 0.4) is 0 Å². The Hall–Kier alpha value is -3.97. The normalized spacial score (nSPS) is 13.6. The summed E-state index contributed by atoms with van der Waals surface area (Å²) in [6.07, 6.45) is -1.07. The van der Waals surface area contributed by atoms with Gasteiger partial charge in [-0.1, -0.05) is 42.5 Å². The summed E-state index contributed by atoms with van der Waals surface area (Å²) in [6, 6.07) is 22.8. The van der Waals surface area contributed by atoms with Crippen LogP contribution in [0.4, 0.5) is 0 Å². The molecule has 7 heteroatoms. The van der Waals surface area contributed by atoms with E-state index < -0.39 is 23.9 Å². The second kappa shape index (κ2) is 8.81. The van der Waals surface area contributed by atoms with Crippen molar-refractivity contribution in [2.24, 2.45) is 0 Å². The number of amides is 2. The van der Waals surface area contributed by atoms with Gasteiger partial charge in [-0.3, -0.25) is 9.59 Å². The summed E-state index contributed by atoms with van der Waals surface area (Å²) < 4.78 is 10.6. The van der Waals surface area contributed by atoms with Crippen molar-refractivity contribution in [1.82, 2.24) is 5.06 Å². The monoisotopic (exact) mass is 417 g/mol. The van der Waals surface area contributed by atoms with E-state index in [-0.39, 0.29) is 17.5 Å². The lowest BCUT2D eigenvalue weighted by atomic mass is 10.1. The van der Waals surface area contributed by atoms with Crippen molar-refractivity contribution in [2.75, 3.05) is 7.11 Å². The van der Waals surface area contributed by atoms with Gasteiger partial charge in [-0.25, -0.2) is 9.63 Å². The van der Waals surface area contributed by atoms with E-state index in [1.165, 1.54) is 19.2 Å². The minimum atomic E-state index is -1.17. The first-order valence-electron chi connectivity index (χ1n) is 9.61. The molecule has 7 nitrogen and oxygen atoms in total. The summed E-state index contributed by atoms with van der Waals surface area (Å²) >= 11 is 0. The Balaban J connectivity index is 1.47. The molecule has 0 bridgehead atoms. The number of para-hydroxylation sites is 1. The summed E-state index contributed by atoms with van der Waals surface area (Å²) in [5.41, 5.74) is 1.21. The van der Waals surface area contributed by atoms with Crippen LogP contribution in [0, 0.1) is 0 Å². The van der Waals surface area contributed by atoms with Crippen molar-refractivity contribution >= 4 is 17.8 Å². The molecule has 0 fully saturated rings. The molecule has 0 spiro atoms. The van der Waals surface area contributed by atoms with Crippen molar-refractivity contribution < 1.29 is 28.7 Å². The van der Waals surface area contributed by atoms with Crippen molar-refractivity contribution in [3.63, 3.8) is 0 Å².